The largest absolute Gasteiger partial charge is 0.487 e. The first-order valence-corrected chi connectivity index (χ1v) is 14.3. The number of ether oxygens (including phenoxy) is 1. The molecule has 2 heterocycles. The normalized spacial score (nSPS) is 15.9. The van der Waals surface area contributed by atoms with E-state index in [1.54, 1.807) is 25.5 Å². The van der Waals surface area contributed by atoms with Gasteiger partial charge in [-0.1, -0.05) is 0 Å². The monoisotopic (exact) mass is 536 g/mol. The minimum absolute atomic E-state index is 0.199. The molecule has 2 amide bonds. The van der Waals surface area contributed by atoms with Gasteiger partial charge in [0.2, 0.25) is 11.8 Å². The van der Waals surface area contributed by atoms with Crippen LogP contribution in [-0.4, -0.2) is 64.6 Å². The maximum atomic E-state index is 12.9. The number of hydrogen-bond acceptors (Lipinski definition) is 8. The number of aryl methyl sites for hydroxylation is 2. The number of nitrogens with one attached hydrogen (secondary N) is 2. The molecule has 3 rings (SSSR count). The Labute approximate surface area is 218 Å². The van der Waals surface area contributed by atoms with Gasteiger partial charge in [-0.3, -0.25) is 9.59 Å². The van der Waals surface area contributed by atoms with Gasteiger partial charge in [-0.05, 0) is 63.3 Å². The lowest BCUT2D eigenvalue weighted by molar-refractivity contribution is -0.141. The van der Waals surface area contributed by atoms with Crippen LogP contribution in [0.2, 0.25) is 0 Å². The minimum atomic E-state index is -1.15. The second kappa shape index (κ2) is 11.6. The summed E-state index contributed by atoms with van der Waals surface area (Å²) < 4.78 is 11.6. The number of amides is 2. The predicted molar refractivity (Wildman–Crippen MR) is 142 cm³/mol. The van der Waals surface area contributed by atoms with Crippen LogP contribution in [0.5, 0.6) is 5.75 Å². The standard InChI is InChI=1S/C25H32N2O7S2/c1-13-15-8-14-6-7-25(2,3)34-19(14)10-20(15)33-24(32)16(13)9-21(28)26-17(11-35-4)22(29)27-18(12-36-5)23(30)31/h8,10,17-18H,6-7,9,11-12H2,1-5H3,(H,26,28)(H,27,29)(H,30,31)/t17-,18-/m0/s1. The number of hydrogen-bond donors (Lipinski definition) is 3. The summed E-state index contributed by atoms with van der Waals surface area (Å²) >= 11 is 2.63. The summed E-state index contributed by atoms with van der Waals surface area (Å²) in [5, 5.41) is 15.2. The van der Waals surface area contributed by atoms with Crippen LogP contribution in [0, 0.1) is 6.92 Å². The van der Waals surface area contributed by atoms with Gasteiger partial charge in [0.15, 0.2) is 0 Å². The Hall–Kier alpha value is -2.66. The molecule has 0 spiro atoms. The molecule has 196 valence electrons. The molecule has 1 aliphatic rings. The summed E-state index contributed by atoms with van der Waals surface area (Å²) in [5.74, 6) is -1.12. The zero-order valence-electron chi connectivity index (χ0n) is 21.1. The molecule has 3 N–H and O–H groups in total. The Balaban J connectivity index is 1.81. The number of carboxylic acids is 1. The Morgan fingerprint density at radius 3 is 2.42 bits per heavy atom. The number of rotatable bonds is 10. The minimum Gasteiger partial charge on any atom is -0.487 e. The van der Waals surface area contributed by atoms with Crippen LogP contribution in [0.15, 0.2) is 21.3 Å². The van der Waals surface area contributed by atoms with E-state index < -0.39 is 35.5 Å². The van der Waals surface area contributed by atoms with E-state index in [0.717, 1.165) is 23.8 Å². The Morgan fingerprint density at radius 1 is 1.11 bits per heavy atom. The molecule has 1 aromatic heterocycles. The molecule has 11 heteroatoms. The lowest BCUT2D eigenvalue weighted by Crippen LogP contribution is -2.53. The summed E-state index contributed by atoms with van der Waals surface area (Å²) in [6.45, 7) is 5.80. The summed E-state index contributed by atoms with van der Waals surface area (Å²) in [6.07, 6.45) is 4.93. The summed E-state index contributed by atoms with van der Waals surface area (Å²) in [5.41, 5.74) is 1.34. The molecule has 0 bridgehead atoms. The highest BCUT2D eigenvalue weighted by molar-refractivity contribution is 7.98. The van der Waals surface area contributed by atoms with Crippen LogP contribution >= 0.6 is 23.5 Å². The van der Waals surface area contributed by atoms with E-state index in [1.165, 1.54) is 23.5 Å². The van der Waals surface area contributed by atoms with Gasteiger partial charge in [-0.25, -0.2) is 9.59 Å². The van der Waals surface area contributed by atoms with E-state index in [0.29, 0.717) is 16.9 Å². The van der Waals surface area contributed by atoms with Crippen LogP contribution in [0.25, 0.3) is 11.0 Å². The van der Waals surface area contributed by atoms with Gasteiger partial charge in [0.1, 0.15) is 29.0 Å². The van der Waals surface area contributed by atoms with E-state index in [2.05, 4.69) is 10.6 Å². The molecule has 0 aliphatic carbocycles. The van der Waals surface area contributed by atoms with Crippen molar-refractivity contribution in [3.05, 3.63) is 39.2 Å². The fraction of sp³-hybridized carbons (Fsp3) is 0.520. The van der Waals surface area contributed by atoms with Gasteiger partial charge in [-0.15, -0.1) is 0 Å². The average Bonchev–Trinajstić information content (AvgIpc) is 2.79. The molecule has 0 saturated heterocycles. The third-order valence-electron chi connectivity index (χ3n) is 6.12. The first-order valence-electron chi connectivity index (χ1n) is 11.5. The highest BCUT2D eigenvalue weighted by Crippen LogP contribution is 2.36. The number of carbonyl (C=O) groups is 3. The Morgan fingerprint density at radius 2 is 1.78 bits per heavy atom. The van der Waals surface area contributed by atoms with Crippen molar-refractivity contribution < 1.29 is 28.6 Å². The third-order valence-corrected chi connectivity index (χ3v) is 7.45. The van der Waals surface area contributed by atoms with E-state index in [1.807, 2.05) is 19.9 Å². The molecule has 2 aromatic rings. The molecule has 0 saturated carbocycles. The van der Waals surface area contributed by atoms with Gasteiger partial charge < -0.3 is 24.9 Å². The van der Waals surface area contributed by atoms with Crippen molar-refractivity contribution >= 4 is 52.3 Å². The molecule has 0 radical (unpaired) electrons. The van der Waals surface area contributed by atoms with Crippen molar-refractivity contribution in [2.75, 3.05) is 24.0 Å². The van der Waals surface area contributed by atoms with Gasteiger partial charge in [-0.2, -0.15) is 23.5 Å². The van der Waals surface area contributed by atoms with Gasteiger partial charge in [0.05, 0.1) is 12.0 Å². The predicted octanol–water partition coefficient (Wildman–Crippen LogP) is 2.53. The zero-order valence-corrected chi connectivity index (χ0v) is 22.7. The van der Waals surface area contributed by atoms with Crippen LogP contribution in [0.1, 0.15) is 37.0 Å². The van der Waals surface area contributed by atoms with E-state index in [4.69, 9.17) is 9.15 Å². The van der Waals surface area contributed by atoms with Crippen LogP contribution in [0.3, 0.4) is 0 Å². The lowest BCUT2D eigenvalue weighted by atomic mass is 9.92. The van der Waals surface area contributed by atoms with E-state index >= 15 is 0 Å². The maximum absolute atomic E-state index is 12.9. The topological polar surface area (TPSA) is 135 Å². The van der Waals surface area contributed by atoms with Crippen molar-refractivity contribution in [2.24, 2.45) is 0 Å². The number of fused-ring (bicyclic) bond motifs is 2. The highest BCUT2D eigenvalue weighted by atomic mass is 32.2. The summed E-state index contributed by atoms with van der Waals surface area (Å²) in [4.78, 5) is 49.8. The van der Waals surface area contributed by atoms with Crippen LogP contribution < -0.4 is 21.0 Å². The second-order valence-electron chi connectivity index (χ2n) is 9.42. The third kappa shape index (κ3) is 6.56. The maximum Gasteiger partial charge on any atom is 0.340 e. The van der Waals surface area contributed by atoms with Gasteiger partial charge in [0.25, 0.3) is 0 Å². The molecular weight excluding hydrogens is 504 g/mol. The number of aliphatic carboxylic acids is 1. The van der Waals surface area contributed by atoms with Crippen LogP contribution in [-0.2, 0) is 27.2 Å². The smallest absolute Gasteiger partial charge is 0.340 e. The fourth-order valence-electron chi connectivity index (χ4n) is 4.11. The quantitative estimate of drug-likeness (QED) is 0.392. The number of carboxylic acid groups (broad SMARTS) is 1. The molecule has 9 nitrogen and oxygen atoms in total. The lowest BCUT2D eigenvalue weighted by Gasteiger charge is -2.32. The summed E-state index contributed by atoms with van der Waals surface area (Å²) in [6, 6.07) is 1.66. The first-order chi connectivity index (χ1) is 17.0. The van der Waals surface area contributed by atoms with Crippen molar-refractivity contribution in [3.63, 3.8) is 0 Å². The Kier molecular flexibility index (Phi) is 8.99. The van der Waals surface area contributed by atoms with Crippen molar-refractivity contribution in [1.29, 1.82) is 0 Å². The molecular formula is C25H32N2O7S2. The summed E-state index contributed by atoms with van der Waals surface area (Å²) in [7, 11) is 0. The molecule has 1 aromatic carbocycles. The molecule has 0 fully saturated rings. The highest BCUT2D eigenvalue weighted by Gasteiger charge is 2.29. The van der Waals surface area contributed by atoms with Gasteiger partial charge >= 0.3 is 11.6 Å². The molecule has 1 aliphatic heterocycles. The van der Waals surface area contributed by atoms with Crippen molar-refractivity contribution in [2.45, 2.75) is 57.7 Å². The SMILES string of the molecule is CSC[C@H](NC(=O)[C@H](CSC)NC(=O)Cc1c(C)c2cc3c(cc2oc1=O)OC(C)(C)CC3)C(=O)O. The van der Waals surface area contributed by atoms with E-state index in [-0.39, 0.29) is 29.1 Å². The average molecular weight is 537 g/mol. The number of thioether (sulfide) groups is 2. The first kappa shape index (κ1) is 27.9. The molecule has 0 unspecified atom stereocenters. The zero-order chi connectivity index (χ0) is 26.6. The van der Waals surface area contributed by atoms with Gasteiger partial charge in [0, 0.05) is 23.0 Å². The molecule has 2 atom stereocenters. The Bertz CT molecular complexity index is 1230. The van der Waals surface area contributed by atoms with Crippen LogP contribution in [0.4, 0.5) is 0 Å². The number of benzene rings is 1. The number of carbonyl (C=O) groups excluding carboxylic acids is 2. The van der Waals surface area contributed by atoms with Crippen molar-refractivity contribution in [1.82, 2.24) is 10.6 Å². The molecule has 36 heavy (non-hydrogen) atoms. The van der Waals surface area contributed by atoms with E-state index in [9.17, 15) is 24.3 Å². The van der Waals surface area contributed by atoms with Crippen molar-refractivity contribution in [3.8, 4) is 5.75 Å². The second-order valence-corrected chi connectivity index (χ2v) is 11.2. The fourth-order valence-corrected chi connectivity index (χ4v) is 5.24.